The third-order valence-corrected chi connectivity index (χ3v) is 4.81. The van der Waals surface area contributed by atoms with Crippen LogP contribution < -0.4 is 4.74 Å². The van der Waals surface area contributed by atoms with E-state index in [2.05, 4.69) is 0 Å². The summed E-state index contributed by atoms with van der Waals surface area (Å²) in [4.78, 5) is 15.1. The molecular formula is C19H25NO5. The van der Waals surface area contributed by atoms with Crippen molar-refractivity contribution >= 4 is 5.91 Å². The predicted octanol–water partition coefficient (Wildman–Crippen LogP) is 1.79. The van der Waals surface area contributed by atoms with Crippen LogP contribution in [0.15, 0.2) is 18.2 Å². The first-order chi connectivity index (χ1) is 11.9. The van der Waals surface area contributed by atoms with Crippen LogP contribution in [-0.4, -0.2) is 67.6 Å². The lowest BCUT2D eigenvalue weighted by Crippen LogP contribution is -2.43. The van der Waals surface area contributed by atoms with Gasteiger partial charge in [-0.05, 0) is 38.5 Å². The van der Waals surface area contributed by atoms with E-state index in [-0.39, 0.29) is 23.2 Å². The zero-order valence-corrected chi connectivity index (χ0v) is 15.0. The molecule has 0 aliphatic carbocycles. The Balaban J connectivity index is 1.55. The van der Waals surface area contributed by atoms with E-state index in [0.717, 1.165) is 12.2 Å². The lowest BCUT2D eigenvalue weighted by atomic mass is 10.1. The molecule has 1 amide bonds. The van der Waals surface area contributed by atoms with Crippen molar-refractivity contribution in [3.63, 3.8) is 0 Å². The highest BCUT2D eigenvalue weighted by Crippen LogP contribution is 2.33. The first kappa shape index (κ1) is 16.8. The highest BCUT2D eigenvalue weighted by Gasteiger charge is 2.47. The van der Waals surface area contributed by atoms with Gasteiger partial charge in [0, 0.05) is 0 Å². The first-order valence-electron chi connectivity index (χ1n) is 8.78. The fraction of sp³-hybridized carbons (Fsp3) is 0.632. The summed E-state index contributed by atoms with van der Waals surface area (Å²) in [6.07, 6.45) is 0.150. The number of nitrogens with zero attached hydrogens (tertiary/aromatic N) is 1. The van der Waals surface area contributed by atoms with Gasteiger partial charge in [0.05, 0.1) is 38.5 Å². The minimum Gasteiger partial charge on any atom is -0.490 e. The van der Waals surface area contributed by atoms with Crippen LogP contribution in [0, 0.1) is 6.92 Å². The highest BCUT2D eigenvalue weighted by molar-refractivity contribution is 5.97. The van der Waals surface area contributed by atoms with Crippen LogP contribution in [-0.2, 0) is 14.2 Å². The normalized spacial score (nSPS) is 32.2. The average molecular weight is 347 g/mol. The van der Waals surface area contributed by atoms with Crippen LogP contribution in [0.25, 0.3) is 0 Å². The minimum atomic E-state index is -0.242. The Labute approximate surface area is 148 Å². The summed E-state index contributed by atoms with van der Waals surface area (Å²) in [5.41, 5.74) is 1.16. The molecule has 3 unspecified atom stereocenters. The average Bonchev–Trinajstić information content (AvgIpc) is 3.42. The monoisotopic (exact) mass is 347 g/mol. The van der Waals surface area contributed by atoms with Crippen molar-refractivity contribution in [3.05, 3.63) is 29.3 Å². The van der Waals surface area contributed by atoms with Crippen LogP contribution in [0.4, 0.5) is 0 Å². The number of ether oxygens (including phenoxy) is 4. The Bertz CT molecular complexity index is 656. The van der Waals surface area contributed by atoms with Crippen LogP contribution >= 0.6 is 0 Å². The lowest BCUT2D eigenvalue weighted by molar-refractivity contribution is 0.0659. The van der Waals surface area contributed by atoms with Gasteiger partial charge >= 0.3 is 0 Å². The number of amides is 1. The molecule has 1 aromatic rings. The molecule has 0 N–H and O–H groups in total. The number of hydrogen-bond donors (Lipinski definition) is 0. The number of benzene rings is 1. The number of carbonyl (C=O) groups is 1. The highest BCUT2D eigenvalue weighted by atomic mass is 16.6. The van der Waals surface area contributed by atoms with Gasteiger partial charge in [0.1, 0.15) is 29.7 Å². The van der Waals surface area contributed by atoms with Crippen molar-refractivity contribution in [1.82, 2.24) is 4.90 Å². The van der Waals surface area contributed by atoms with Gasteiger partial charge in [-0.1, -0.05) is 6.07 Å². The third-order valence-electron chi connectivity index (χ3n) is 4.81. The number of aryl methyl sites for hydroxylation is 1. The van der Waals surface area contributed by atoms with Gasteiger partial charge in [0.25, 0.3) is 5.91 Å². The summed E-state index contributed by atoms with van der Waals surface area (Å²) in [7, 11) is 0. The van der Waals surface area contributed by atoms with Crippen molar-refractivity contribution < 1.29 is 23.7 Å². The standard InChI is InChI=1S/C19H25NO5/c1-13-4-5-15(16(6-13)23-8-14-7-22-14)17(21)20(9-18(2)11-24-18)10-19(3)12-25-19/h4-6,14H,7-12H2,1-3H3. The van der Waals surface area contributed by atoms with Crippen molar-refractivity contribution in [1.29, 1.82) is 0 Å². The molecule has 0 saturated carbocycles. The molecule has 136 valence electrons. The first-order valence-corrected chi connectivity index (χ1v) is 8.78. The summed E-state index contributed by atoms with van der Waals surface area (Å²) in [6.45, 7) is 9.74. The molecular weight excluding hydrogens is 322 g/mol. The summed E-state index contributed by atoms with van der Waals surface area (Å²) < 4.78 is 22.1. The maximum atomic E-state index is 13.3. The minimum absolute atomic E-state index is 0.0415. The van der Waals surface area contributed by atoms with Crippen molar-refractivity contribution in [2.75, 3.05) is 39.5 Å². The molecule has 4 rings (SSSR count). The van der Waals surface area contributed by atoms with Crippen molar-refractivity contribution in [3.8, 4) is 5.75 Å². The van der Waals surface area contributed by atoms with Gasteiger partial charge in [-0.2, -0.15) is 0 Å². The van der Waals surface area contributed by atoms with E-state index >= 15 is 0 Å². The molecule has 3 aliphatic rings. The van der Waals surface area contributed by atoms with Gasteiger partial charge in [-0.15, -0.1) is 0 Å². The van der Waals surface area contributed by atoms with E-state index < -0.39 is 0 Å². The fourth-order valence-electron chi connectivity index (χ4n) is 2.88. The van der Waals surface area contributed by atoms with Gasteiger partial charge < -0.3 is 23.8 Å². The molecule has 0 bridgehead atoms. The lowest BCUT2D eigenvalue weighted by Gasteiger charge is -2.27. The van der Waals surface area contributed by atoms with E-state index in [1.807, 2.05) is 43.9 Å². The molecule has 6 heteroatoms. The molecule has 6 nitrogen and oxygen atoms in total. The molecule has 3 fully saturated rings. The Morgan fingerprint density at radius 2 is 1.84 bits per heavy atom. The van der Waals surface area contributed by atoms with E-state index in [4.69, 9.17) is 18.9 Å². The predicted molar refractivity (Wildman–Crippen MR) is 91.0 cm³/mol. The quantitative estimate of drug-likeness (QED) is 0.671. The second kappa shape index (κ2) is 5.97. The summed E-state index contributed by atoms with van der Waals surface area (Å²) in [6, 6.07) is 5.70. The maximum absolute atomic E-state index is 13.3. The molecule has 3 aliphatic heterocycles. The van der Waals surface area contributed by atoms with E-state index in [9.17, 15) is 4.79 Å². The van der Waals surface area contributed by atoms with E-state index in [1.54, 1.807) is 0 Å². The number of epoxide rings is 3. The summed E-state index contributed by atoms with van der Waals surface area (Å²) in [5.74, 6) is 0.578. The molecule has 3 heterocycles. The van der Waals surface area contributed by atoms with Crippen LogP contribution in [0.2, 0.25) is 0 Å². The van der Waals surface area contributed by atoms with Crippen LogP contribution in [0.5, 0.6) is 5.75 Å². The fourth-order valence-corrected chi connectivity index (χ4v) is 2.88. The van der Waals surface area contributed by atoms with Gasteiger partial charge in [-0.25, -0.2) is 0 Å². The largest absolute Gasteiger partial charge is 0.490 e. The molecule has 0 aromatic heterocycles. The second-order valence-corrected chi connectivity index (χ2v) is 7.90. The Morgan fingerprint density at radius 3 is 2.36 bits per heavy atom. The zero-order valence-electron chi connectivity index (χ0n) is 15.0. The number of rotatable bonds is 8. The van der Waals surface area contributed by atoms with E-state index in [0.29, 0.717) is 44.2 Å². The molecule has 3 saturated heterocycles. The van der Waals surface area contributed by atoms with Gasteiger partial charge in [0.15, 0.2) is 0 Å². The van der Waals surface area contributed by atoms with Crippen LogP contribution in [0.3, 0.4) is 0 Å². The molecule has 25 heavy (non-hydrogen) atoms. The van der Waals surface area contributed by atoms with Crippen molar-refractivity contribution in [2.45, 2.75) is 38.1 Å². The smallest absolute Gasteiger partial charge is 0.257 e. The van der Waals surface area contributed by atoms with Gasteiger partial charge in [-0.3, -0.25) is 4.79 Å². The third kappa shape index (κ3) is 4.14. The SMILES string of the molecule is Cc1ccc(C(=O)N(CC2(C)CO2)CC2(C)CO2)c(OCC2CO2)c1. The molecule has 1 aromatic carbocycles. The Kier molecular flexibility index (Phi) is 4.02. The Hall–Kier alpha value is -1.63. The maximum Gasteiger partial charge on any atom is 0.257 e. The molecule has 0 radical (unpaired) electrons. The Morgan fingerprint density at radius 1 is 1.24 bits per heavy atom. The second-order valence-electron chi connectivity index (χ2n) is 7.90. The topological polar surface area (TPSA) is 67.1 Å². The summed E-state index contributed by atoms with van der Waals surface area (Å²) >= 11 is 0. The number of hydrogen-bond acceptors (Lipinski definition) is 5. The van der Waals surface area contributed by atoms with Crippen molar-refractivity contribution in [2.24, 2.45) is 0 Å². The zero-order chi connectivity index (χ0) is 17.7. The molecule has 3 atom stereocenters. The van der Waals surface area contributed by atoms with E-state index in [1.165, 1.54) is 0 Å². The molecule has 0 spiro atoms. The van der Waals surface area contributed by atoms with Crippen LogP contribution in [0.1, 0.15) is 29.8 Å². The summed E-state index contributed by atoms with van der Waals surface area (Å²) in [5, 5.41) is 0. The van der Waals surface area contributed by atoms with Gasteiger partial charge in [0.2, 0.25) is 0 Å². The number of carbonyl (C=O) groups excluding carboxylic acids is 1.